The van der Waals surface area contributed by atoms with Gasteiger partial charge in [-0.25, -0.2) is 18.1 Å². The van der Waals surface area contributed by atoms with Crippen molar-refractivity contribution in [3.63, 3.8) is 0 Å². The summed E-state index contributed by atoms with van der Waals surface area (Å²) < 4.78 is 66.8. The van der Waals surface area contributed by atoms with E-state index in [-0.39, 0.29) is 49.4 Å². The first-order chi connectivity index (χ1) is 20.6. The molecule has 0 bridgehead atoms. The van der Waals surface area contributed by atoms with Crippen molar-refractivity contribution in [2.45, 2.75) is 43.9 Å². The number of alkyl halides is 3. The highest BCUT2D eigenvalue weighted by Crippen LogP contribution is 2.34. The molecule has 2 saturated heterocycles. The minimum Gasteiger partial charge on any atom is -0.465 e. The number of hydrogen-bond donors (Lipinski definition) is 3. The Balaban J connectivity index is 1.26. The van der Waals surface area contributed by atoms with Crippen LogP contribution in [0, 0.1) is 6.92 Å². The van der Waals surface area contributed by atoms with Crippen LogP contribution in [-0.4, -0.2) is 72.2 Å². The highest BCUT2D eigenvalue weighted by molar-refractivity contribution is 7.92. The zero-order chi connectivity index (χ0) is 32.0. The number of amidine groups is 1. The SMILES string of the molecule is Cc1cc(N2C(=O)C[C@H](NC(=O)O)C2=O)ccc1/C=C/S(=O)(=O)N1CCC2(CC1)N=C(c1cccc(C(F)(F)F)c1)NC2=O. The number of amides is 4. The second-order valence-corrected chi connectivity index (χ2v) is 12.4. The third kappa shape index (κ3) is 5.94. The zero-order valence-corrected chi connectivity index (χ0v) is 23.9. The van der Waals surface area contributed by atoms with Gasteiger partial charge in [0.2, 0.25) is 15.9 Å². The van der Waals surface area contributed by atoms with Gasteiger partial charge in [-0.15, -0.1) is 0 Å². The van der Waals surface area contributed by atoms with Crippen molar-refractivity contribution in [2.75, 3.05) is 18.0 Å². The molecule has 5 rings (SSSR count). The molecule has 232 valence electrons. The summed E-state index contributed by atoms with van der Waals surface area (Å²) in [6.07, 6.45) is -4.91. The molecular formula is C28H26F3N5O7S. The number of anilines is 1. The van der Waals surface area contributed by atoms with Crippen LogP contribution < -0.4 is 15.5 Å². The number of carbonyl (C=O) groups is 4. The van der Waals surface area contributed by atoms with Crippen LogP contribution in [0.5, 0.6) is 0 Å². The fourth-order valence-corrected chi connectivity index (χ4v) is 6.52. The van der Waals surface area contributed by atoms with E-state index in [1.807, 2.05) is 5.32 Å². The van der Waals surface area contributed by atoms with Gasteiger partial charge in [-0.05, 0) is 61.2 Å². The lowest BCUT2D eigenvalue weighted by molar-refractivity contribution is -0.137. The smallest absolute Gasteiger partial charge is 0.416 e. The number of piperidine rings is 1. The summed E-state index contributed by atoms with van der Waals surface area (Å²) in [7, 11) is -3.95. The van der Waals surface area contributed by atoms with Crippen LogP contribution in [0.4, 0.5) is 23.7 Å². The fraction of sp³-hybridized carbons (Fsp3) is 0.321. The Morgan fingerprint density at radius 2 is 1.84 bits per heavy atom. The number of carboxylic acid groups (broad SMARTS) is 1. The average molecular weight is 634 g/mol. The molecular weight excluding hydrogens is 607 g/mol. The van der Waals surface area contributed by atoms with Crippen molar-refractivity contribution in [1.29, 1.82) is 0 Å². The number of carbonyl (C=O) groups excluding carboxylic acids is 3. The number of nitrogens with one attached hydrogen (secondary N) is 2. The maximum Gasteiger partial charge on any atom is 0.416 e. The molecule has 0 aliphatic carbocycles. The van der Waals surface area contributed by atoms with Gasteiger partial charge in [-0.2, -0.15) is 17.5 Å². The highest BCUT2D eigenvalue weighted by atomic mass is 32.2. The van der Waals surface area contributed by atoms with Crippen molar-refractivity contribution in [3.05, 3.63) is 70.1 Å². The number of rotatable bonds is 6. The van der Waals surface area contributed by atoms with Gasteiger partial charge in [-0.3, -0.25) is 19.4 Å². The molecule has 2 aromatic rings. The van der Waals surface area contributed by atoms with Gasteiger partial charge in [0.1, 0.15) is 17.4 Å². The molecule has 3 heterocycles. The number of hydrogen-bond acceptors (Lipinski definition) is 7. The topological polar surface area (TPSA) is 166 Å². The van der Waals surface area contributed by atoms with E-state index in [4.69, 9.17) is 5.11 Å². The minimum absolute atomic E-state index is 0.00206. The normalized spacial score (nSPS) is 20.8. The quantitative estimate of drug-likeness (QED) is 0.412. The minimum atomic E-state index is -4.57. The molecule has 0 radical (unpaired) electrons. The van der Waals surface area contributed by atoms with E-state index < -0.39 is 57.2 Å². The maximum atomic E-state index is 13.1. The van der Waals surface area contributed by atoms with Gasteiger partial charge < -0.3 is 15.7 Å². The first-order valence-electron chi connectivity index (χ1n) is 13.3. The lowest BCUT2D eigenvalue weighted by Crippen LogP contribution is -2.50. The Hall–Kier alpha value is -4.57. The Bertz CT molecular complexity index is 1730. The van der Waals surface area contributed by atoms with Crippen molar-refractivity contribution >= 4 is 51.4 Å². The van der Waals surface area contributed by atoms with Gasteiger partial charge in [0.25, 0.3) is 11.8 Å². The third-order valence-corrected chi connectivity index (χ3v) is 9.29. The first kappa shape index (κ1) is 30.9. The Morgan fingerprint density at radius 1 is 1.14 bits per heavy atom. The van der Waals surface area contributed by atoms with Crippen LogP contribution in [-0.2, 0) is 30.6 Å². The predicted octanol–water partition coefficient (Wildman–Crippen LogP) is 2.63. The monoisotopic (exact) mass is 633 g/mol. The van der Waals surface area contributed by atoms with Crippen LogP contribution >= 0.6 is 0 Å². The van der Waals surface area contributed by atoms with Crippen LogP contribution in [0.3, 0.4) is 0 Å². The van der Waals surface area contributed by atoms with Gasteiger partial charge in [0, 0.05) is 24.1 Å². The van der Waals surface area contributed by atoms with Crippen LogP contribution in [0.15, 0.2) is 52.9 Å². The number of nitrogens with zero attached hydrogens (tertiary/aromatic N) is 3. The molecule has 1 spiro atoms. The number of benzene rings is 2. The number of imide groups is 1. The number of sulfonamides is 1. The molecule has 3 aliphatic rings. The zero-order valence-electron chi connectivity index (χ0n) is 23.1. The molecule has 0 unspecified atom stereocenters. The van der Waals surface area contributed by atoms with E-state index in [0.29, 0.717) is 11.1 Å². The van der Waals surface area contributed by atoms with Gasteiger partial charge in [0.15, 0.2) is 0 Å². The summed E-state index contributed by atoms with van der Waals surface area (Å²) in [5.41, 5.74) is -0.843. The standard InChI is InChI=1S/C28H26F3N5O7S/c1-16-13-20(36-22(37)15-21(24(36)38)32-26(40)41)6-5-17(16)7-12-44(42,43)35-10-8-27(9-11-35)25(39)33-23(34-27)18-3-2-4-19(14-18)28(29,30)31/h2-7,12-14,21,32H,8-11,15H2,1H3,(H,40,41)(H,33,34,39)/b12-7+/t21-/m0/s1. The van der Waals surface area contributed by atoms with Crippen LogP contribution in [0.1, 0.15) is 41.5 Å². The van der Waals surface area contributed by atoms with Crippen molar-refractivity contribution in [3.8, 4) is 0 Å². The predicted molar refractivity (Wildman–Crippen MR) is 151 cm³/mol. The summed E-state index contributed by atoms with van der Waals surface area (Å²) in [6, 6.07) is 7.71. The van der Waals surface area contributed by atoms with E-state index in [0.717, 1.165) is 22.4 Å². The fourth-order valence-electron chi connectivity index (χ4n) is 5.34. The van der Waals surface area contributed by atoms with Crippen molar-refractivity contribution < 1.29 is 45.9 Å². The summed E-state index contributed by atoms with van der Waals surface area (Å²) in [6.45, 7) is 1.54. The Labute approximate surface area is 249 Å². The van der Waals surface area contributed by atoms with Gasteiger partial charge in [-0.1, -0.05) is 18.2 Å². The largest absolute Gasteiger partial charge is 0.465 e. The van der Waals surface area contributed by atoms with Crippen molar-refractivity contribution in [2.24, 2.45) is 4.99 Å². The van der Waals surface area contributed by atoms with E-state index >= 15 is 0 Å². The number of aryl methyl sites for hydroxylation is 1. The molecule has 1 atom stereocenters. The molecule has 16 heteroatoms. The van der Waals surface area contributed by atoms with Gasteiger partial charge in [0.05, 0.1) is 17.7 Å². The first-order valence-corrected chi connectivity index (χ1v) is 14.8. The van der Waals surface area contributed by atoms with Crippen LogP contribution in [0.2, 0.25) is 0 Å². The molecule has 3 N–H and O–H groups in total. The summed E-state index contributed by atoms with van der Waals surface area (Å²) >= 11 is 0. The second-order valence-electron chi connectivity index (χ2n) is 10.6. The summed E-state index contributed by atoms with van der Waals surface area (Å²) in [4.78, 5) is 53.9. The average Bonchev–Trinajstić information content (AvgIpc) is 3.41. The lowest BCUT2D eigenvalue weighted by atomic mass is 9.89. The molecule has 2 aromatic carbocycles. The molecule has 3 aliphatic heterocycles. The summed E-state index contributed by atoms with van der Waals surface area (Å²) in [5.74, 6) is -1.80. The molecule has 4 amide bonds. The van der Waals surface area contributed by atoms with Crippen molar-refractivity contribution in [1.82, 2.24) is 14.9 Å². The number of halogens is 3. The lowest BCUT2D eigenvalue weighted by Gasteiger charge is -2.34. The molecule has 12 nitrogen and oxygen atoms in total. The van der Waals surface area contributed by atoms with Crippen LogP contribution in [0.25, 0.3) is 6.08 Å². The third-order valence-electron chi connectivity index (χ3n) is 7.73. The van der Waals surface area contributed by atoms with E-state index in [1.54, 1.807) is 6.92 Å². The Morgan fingerprint density at radius 3 is 2.48 bits per heavy atom. The number of aliphatic imine (C=N–C) groups is 1. The molecule has 0 saturated carbocycles. The maximum absolute atomic E-state index is 13.1. The highest BCUT2D eigenvalue weighted by Gasteiger charge is 2.47. The molecule has 2 fully saturated rings. The second kappa shape index (κ2) is 11.2. The molecule has 44 heavy (non-hydrogen) atoms. The van der Waals surface area contributed by atoms with E-state index in [9.17, 15) is 40.8 Å². The van der Waals surface area contributed by atoms with E-state index in [1.165, 1.54) is 40.7 Å². The summed E-state index contributed by atoms with van der Waals surface area (Å²) in [5, 5.41) is 14.4. The van der Waals surface area contributed by atoms with Gasteiger partial charge >= 0.3 is 12.3 Å². The molecule has 0 aromatic heterocycles. The Kier molecular flexibility index (Phi) is 7.84. The van der Waals surface area contributed by atoms with E-state index in [2.05, 4.69) is 10.3 Å².